The average molecular weight is 665 g/mol. The van der Waals surface area contributed by atoms with Gasteiger partial charge in [0.2, 0.25) is 0 Å². The van der Waals surface area contributed by atoms with Gasteiger partial charge in [0.25, 0.3) is 0 Å². The van der Waals surface area contributed by atoms with Crippen LogP contribution in [-0.2, 0) is 20.5 Å². The summed E-state index contributed by atoms with van der Waals surface area (Å²) in [6, 6.07) is 8.28. The van der Waals surface area contributed by atoms with Gasteiger partial charge in [-0.15, -0.1) is 0 Å². The molecule has 240 valence electrons. The molecule has 0 aliphatic heterocycles. The predicted octanol–water partition coefficient (Wildman–Crippen LogP) is 7.31. The minimum absolute atomic E-state index is 0.0151. The summed E-state index contributed by atoms with van der Waals surface area (Å²) >= 11 is 13.2. The third-order valence-electron chi connectivity index (χ3n) is 7.23. The van der Waals surface area contributed by atoms with Gasteiger partial charge in [-0.25, -0.2) is 0 Å². The highest BCUT2D eigenvalue weighted by molar-refractivity contribution is 7.54. The third kappa shape index (κ3) is 8.22. The van der Waals surface area contributed by atoms with Gasteiger partial charge in [0, 0.05) is 16.5 Å². The van der Waals surface area contributed by atoms with Crippen molar-refractivity contribution in [3.63, 3.8) is 0 Å². The van der Waals surface area contributed by atoms with Crippen LogP contribution in [0.15, 0.2) is 30.3 Å². The van der Waals surface area contributed by atoms with Crippen LogP contribution in [0.1, 0.15) is 64.2 Å². The molecule has 0 bridgehead atoms. The number of carbonyl (C=O) groups is 2. The maximum Gasteiger partial charge on any atom is 0.540 e. The lowest BCUT2D eigenvalue weighted by atomic mass is 9.96. The zero-order chi connectivity index (χ0) is 32.8. The van der Waals surface area contributed by atoms with Crippen LogP contribution in [0.4, 0.5) is 9.59 Å². The van der Waals surface area contributed by atoms with Crippen LogP contribution in [0.25, 0.3) is 0 Å². The van der Waals surface area contributed by atoms with Crippen molar-refractivity contribution in [3.05, 3.63) is 57.1 Å². The second-order valence-electron chi connectivity index (χ2n) is 10.6. The van der Waals surface area contributed by atoms with Crippen molar-refractivity contribution in [2.45, 2.75) is 53.9 Å². The van der Waals surface area contributed by atoms with E-state index in [0.29, 0.717) is 12.0 Å². The zero-order valence-electron chi connectivity index (χ0n) is 26.1. The molecule has 2 amide bonds. The van der Waals surface area contributed by atoms with Crippen molar-refractivity contribution in [1.82, 2.24) is 4.89 Å². The summed E-state index contributed by atoms with van der Waals surface area (Å²) < 4.78 is 28.7. The van der Waals surface area contributed by atoms with E-state index >= 15 is 0 Å². The Kier molecular flexibility index (Phi) is 12.9. The molecule has 3 atom stereocenters. The third-order valence-corrected chi connectivity index (χ3v) is 9.72. The van der Waals surface area contributed by atoms with E-state index in [-0.39, 0.29) is 53.8 Å². The zero-order valence-corrected chi connectivity index (χ0v) is 28.5. The van der Waals surface area contributed by atoms with Gasteiger partial charge in [0.05, 0.1) is 13.2 Å². The van der Waals surface area contributed by atoms with Crippen LogP contribution in [-0.4, -0.2) is 83.0 Å². The molecule has 2 aromatic carbocycles. The number of rotatable bonds is 13. The first-order chi connectivity index (χ1) is 20.0. The molecule has 0 fully saturated rings. The normalized spacial score (nSPS) is 15.8. The number of quaternary nitrogens is 2. The van der Waals surface area contributed by atoms with Crippen molar-refractivity contribution in [2.75, 3.05) is 46.7 Å². The van der Waals surface area contributed by atoms with E-state index in [1.54, 1.807) is 39.8 Å². The molecule has 0 saturated carbocycles. The van der Waals surface area contributed by atoms with Crippen molar-refractivity contribution in [2.24, 2.45) is 0 Å². The molecule has 0 aliphatic rings. The predicted molar refractivity (Wildman–Crippen MR) is 166 cm³/mol. The van der Waals surface area contributed by atoms with E-state index in [4.69, 9.17) is 37.4 Å². The molecular formula is C29H44Cl2N3O8P+2. The summed E-state index contributed by atoms with van der Waals surface area (Å²) in [7, 11) is -1.89. The molecule has 2 N–H and O–H groups in total. The van der Waals surface area contributed by atoms with Gasteiger partial charge in [-0.3, -0.25) is 4.57 Å². The first kappa shape index (κ1) is 36.8. The second-order valence-corrected chi connectivity index (χ2v) is 13.4. The van der Waals surface area contributed by atoms with E-state index in [1.807, 2.05) is 19.9 Å². The van der Waals surface area contributed by atoms with Gasteiger partial charge < -0.3 is 24.2 Å². The van der Waals surface area contributed by atoms with Crippen LogP contribution in [0, 0.1) is 0 Å². The van der Waals surface area contributed by atoms with Crippen molar-refractivity contribution in [3.8, 4) is 11.5 Å². The fourth-order valence-electron chi connectivity index (χ4n) is 4.66. The topological polar surface area (TPSA) is 123 Å². The van der Waals surface area contributed by atoms with E-state index in [2.05, 4.69) is 0 Å². The van der Waals surface area contributed by atoms with Crippen molar-refractivity contribution < 1.29 is 47.5 Å². The second kappa shape index (κ2) is 15.1. The van der Waals surface area contributed by atoms with Gasteiger partial charge >= 0.3 is 19.7 Å². The number of halogens is 2. The summed E-state index contributed by atoms with van der Waals surface area (Å²) in [5, 5.41) is 10.7. The largest absolute Gasteiger partial charge is 0.540 e. The van der Waals surface area contributed by atoms with Crippen molar-refractivity contribution >= 4 is 42.9 Å². The van der Waals surface area contributed by atoms with E-state index in [9.17, 15) is 24.2 Å². The number of hydrogen-bond donors (Lipinski definition) is 2. The number of aromatic hydroxyl groups is 1. The van der Waals surface area contributed by atoms with Gasteiger partial charge in [0.15, 0.2) is 6.35 Å². The van der Waals surface area contributed by atoms with E-state index < -0.39 is 35.2 Å². The lowest BCUT2D eigenvalue weighted by Gasteiger charge is -2.45. The number of benzene rings is 2. The lowest BCUT2D eigenvalue weighted by Crippen LogP contribution is -2.73. The summed E-state index contributed by atoms with van der Waals surface area (Å²) in [6.45, 7) is 10.5. The number of nitrogens with zero attached hydrogens (tertiary/aromatic N) is 3. The van der Waals surface area contributed by atoms with Crippen LogP contribution in [0.5, 0.6) is 11.5 Å². The molecule has 0 saturated heterocycles. The van der Waals surface area contributed by atoms with Crippen LogP contribution in [0.3, 0.4) is 0 Å². The Morgan fingerprint density at radius 1 is 0.930 bits per heavy atom. The Balaban J connectivity index is 2.47. The molecule has 0 aliphatic carbocycles. The Hall–Kier alpha value is -2.37. The van der Waals surface area contributed by atoms with Gasteiger partial charge in [-0.05, 0) is 68.5 Å². The monoisotopic (exact) mass is 663 g/mol. The summed E-state index contributed by atoms with van der Waals surface area (Å²) in [4.78, 5) is 38.8. The molecule has 43 heavy (non-hydrogen) atoms. The van der Waals surface area contributed by atoms with Crippen molar-refractivity contribution in [1.29, 1.82) is 0 Å². The van der Waals surface area contributed by atoms with Gasteiger partial charge in [-0.2, -0.15) is 9.59 Å². The minimum atomic E-state index is -4.67. The highest BCUT2D eigenvalue weighted by Crippen LogP contribution is 2.52. The maximum atomic E-state index is 14.1. The molecule has 14 heteroatoms. The SMILES string of the molecule is CCOC(=O)[N+](C)(CC)N([N+](C)(CC)C(=O)OCC)P(=O)(O)COc1cc(Cl)c(Cc2ccc(O)c(C(C)C)c2)c(Cl)c1. The molecule has 2 aromatic rings. The number of hydrogen-bond acceptors (Lipinski definition) is 7. The highest BCUT2D eigenvalue weighted by Gasteiger charge is 2.63. The molecule has 0 heterocycles. The standard InChI is InChI=1S/C29H42Cl2N3O8P/c1-9-33(7,28(36)40-11-3)32(34(8,10-2)29(37)41-12-4)43(38,39)19-42-22-17-25(30)24(26(31)18-22)16-21-13-14-27(35)23(15-21)20(5)6/h13-15,17-18,20H,9-12,16,19H2,1-8H3/p+2. The first-order valence-electron chi connectivity index (χ1n) is 14.1. The highest BCUT2D eigenvalue weighted by atomic mass is 35.5. The average Bonchev–Trinajstić information content (AvgIpc) is 2.94. The molecule has 2 rings (SSSR count). The van der Waals surface area contributed by atoms with Crippen LogP contribution < -0.4 is 4.74 Å². The van der Waals surface area contributed by atoms with E-state index in [0.717, 1.165) is 16.0 Å². The summed E-state index contributed by atoms with van der Waals surface area (Å²) in [5.41, 5.74) is 2.30. The Labute approximate surface area is 264 Å². The summed E-state index contributed by atoms with van der Waals surface area (Å²) in [6.07, 6.45) is -2.09. The number of phenolic OH excluding ortho intramolecular Hbond substituents is 1. The number of amides is 2. The summed E-state index contributed by atoms with van der Waals surface area (Å²) in [5.74, 6) is 0.443. The minimum Gasteiger partial charge on any atom is -0.508 e. The molecular weight excluding hydrogens is 620 g/mol. The molecule has 0 aromatic heterocycles. The van der Waals surface area contributed by atoms with Gasteiger partial charge in [0.1, 0.15) is 43.6 Å². The molecule has 0 spiro atoms. The molecule has 0 radical (unpaired) electrons. The smallest absolute Gasteiger partial charge is 0.508 e. The quantitative estimate of drug-likeness (QED) is 0.129. The number of phenols is 1. The van der Waals surface area contributed by atoms with Crippen LogP contribution >= 0.6 is 30.7 Å². The van der Waals surface area contributed by atoms with E-state index in [1.165, 1.54) is 26.2 Å². The van der Waals surface area contributed by atoms with Crippen LogP contribution in [0.2, 0.25) is 10.0 Å². The molecule has 3 unspecified atom stereocenters. The lowest BCUT2D eigenvalue weighted by molar-refractivity contribution is -1.16. The fraction of sp³-hybridized carbons (Fsp3) is 0.517. The number of ether oxygens (including phenoxy) is 3. The fourth-order valence-corrected chi connectivity index (χ4v) is 7.31. The Bertz CT molecular complexity index is 1310. The maximum absolute atomic E-state index is 14.1. The first-order valence-corrected chi connectivity index (χ1v) is 16.7. The Morgan fingerprint density at radius 2 is 1.42 bits per heavy atom. The van der Waals surface area contributed by atoms with Gasteiger partial charge in [-0.1, -0.05) is 58.4 Å². The Morgan fingerprint density at radius 3 is 1.84 bits per heavy atom. The number of carbonyl (C=O) groups excluding carboxylic acids is 2. The molecule has 11 nitrogen and oxygen atoms in total.